The van der Waals surface area contributed by atoms with E-state index in [2.05, 4.69) is 5.32 Å². The fourth-order valence-corrected chi connectivity index (χ4v) is 3.49. The number of hydrogen-bond donors (Lipinski definition) is 1. The average Bonchev–Trinajstić information content (AvgIpc) is 2.75. The number of ether oxygens (including phenoxy) is 1. The molecule has 0 radical (unpaired) electrons. The Labute approximate surface area is 163 Å². The van der Waals surface area contributed by atoms with Crippen LogP contribution in [0.2, 0.25) is 0 Å². The summed E-state index contributed by atoms with van der Waals surface area (Å²) >= 11 is 0. The number of fused-ring (bicyclic) bond motifs is 1. The summed E-state index contributed by atoms with van der Waals surface area (Å²) in [5, 5.41) is 2.85. The van der Waals surface area contributed by atoms with Gasteiger partial charge in [0.2, 0.25) is 11.8 Å². The minimum Gasteiger partial charge on any atom is -0.496 e. The molecule has 28 heavy (non-hydrogen) atoms. The lowest BCUT2D eigenvalue weighted by Crippen LogP contribution is -2.44. The van der Waals surface area contributed by atoms with Crippen LogP contribution in [0.15, 0.2) is 42.5 Å². The summed E-state index contributed by atoms with van der Waals surface area (Å²) in [5.41, 5.74) is 1.97. The Balaban J connectivity index is 1.78. The van der Waals surface area contributed by atoms with E-state index in [1.54, 1.807) is 29.0 Å². The first-order valence-corrected chi connectivity index (χ1v) is 9.11. The first-order valence-electron chi connectivity index (χ1n) is 9.11. The highest BCUT2D eigenvalue weighted by molar-refractivity contribution is 6.04. The summed E-state index contributed by atoms with van der Waals surface area (Å²) < 4.78 is 18.9. The van der Waals surface area contributed by atoms with Gasteiger partial charge in [0.25, 0.3) is 0 Å². The second-order valence-corrected chi connectivity index (χ2v) is 7.01. The van der Waals surface area contributed by atoms with Crippen LogP contribution in [0.1, 0.15) is 18.9 Å². The molecule has 1 aliphatic heterocycles. The second kappa shape index (κ2) is 8.39. The Kier molecular flexibility index (Phi) is 5.94. The number of anilines is 2. The molecule has 0 unspecified atom stereocenters. The zero-order chi connectivity index (χ0) is 20.3. The Morgan fingerprint density at radius 3 is 2.82 bits per heavy atom. The minimum absolute atomic E-state index is 0.117. The summed E-state index contributed by atoms with van der Waals surface area (Å²) in [4.78, 5) is 28.6. The van der Waals surface area contributed by atoms with Crippen LogP contribution in [0.3, 0.4) is 0 Å². The van der Waals surface area contributed by atoms with Crippen molar-refractivity contribution >= 4 is 23.2 Å². The first-order chi connectivity index (χ1) is 13.4. The van der Waals surface area contributed by atoms with Crippen molar-refractivity contribution in [3.63, 3.8) is 0 Å². The molecule has 1 N–H and O–H groups in total. The van der Waals surface area contributed by atoms with Crippen molar-refractivity contribution in [2.45, 2.75) is 25.9 Å². The van der Waals surface area contributed by atoms with Gasteiger partial charge >= 0.3 is 0 Å². The number of para-hydroxylation sites is 2. The standard InChI is InChI=1S/C21H24FN3O3/c1-14-10-20(26)23-17-6-4-5-7-18(17)25(14)21(27)13-24(2)12-15-11-16(22)8-9-19(15)28-3/h4-9,11,14H,10,12-13H2,1-3H3,(H,23,26)/t14-/m0/s1. The van der Waals surface area contributed by atoms with Crippen LogP contribution in [0.5, 0.6) is 5.75 Å². The molecule has 1 atom stereocenters. The number of rotatable bonds is 5. The number of nitrogens with one attached hydrogen (secondary N) is 1. The maximum Gasteiger partial charge on any atom is 0.241 e. The number of carbonyl (C=O) groups excluding carboxylic acids is 2. The van der Waals surface area contributed by atoms with Gasteiger partial charge in [-0.2, -0.15) is 0 Å². The van der Waals surface area contributed by atoms with Crippen LogP contribution in [0.4, 0.5) is 15.8 Å². The molecule has 0 spiro atoms. The van der Waals surface area contributed by atoms with Gasteiger partial charge in [0.05, 0.1) is 25.0 Å². The summed E-state index contributed by atoms with van der Waals surface area (Å²) in [6, 6.07) is 11.3. The smallest absolute Gasteiger partial charge is 0.241 e. The van der Waals surface area contributed by atoms with Crippen LogP contribution in [0, 0.1) is 5.82 Å². The number of nitrogens with zero attached hydrogens (tertiary/aromatic N) is 2. The number of carbonyl (C=O) groups is 2. The zero-order valence-electron chi connectivity index (χ0n) is 16.2. The van der Waals surface area contributed by atoms with Gasteiger partial charge in [-0.1, -0.05) is 12.1 Å². The highest BCUT2D eigenvalue weighted by Crippen LogP contribution is 2.31. The summed E-state index contributed by atoms with van der Waals surface area (Å²) in [5.74, 6) is -0.0263. The summed E-state index contributed by atoms with van der Waals surface area (Å²) in [6.45, 7) is 2.33. The minimum atomic E-state index is -0.352. The third kappa shape index (κ3) is 4.31. The normalized spacial score (nSPS) is 16.4. The predicted octanol–water partition coefficient (Wildman–Crippen LogP) is 3.03. The van der Waals surface area contributed by atoms with Crippen LogP contribution in [-0.2, 0) is 16.1 Å². The summed E-state index contributed by atoms with van der Waals surface area (Å²) in [7, 11) is 3.32. The monoisotopic (exact) mass is 385 g/mol. The zero-order valence-corrected chi connectivity index (χ0v) is 16.2. The number of benzene rings is 2. The SMILES string of the molecule is COc1ccc(F)cc1CN(C)CC(=O)N1c2ccccc2NC(=O)C[C@@H]1C. The topological polar surface area (TPSA) is 61.9 Å². The van der Waals surface area contributed by atoms with Gasteiger partial charge in [0, 0.05) is 24.6 Å². The number of likely N-dealkylation sites (N-methyl/N-ethyl adjacent to an activating group) is 1. The average molecular weight is 385 g/mol. The Bertz CT molecular complexity index is 887. The number of halogens is 1. The van der Waals surface area contributed by atoms with Crippen molar-refractivity contribution in [3.05, 3.63) is 53.8 Å². The van der Waals surface area contributed by atoms with Crippen LogP contribution in [-0.4, -0.2) is 43.5 Å². The molecule has 2 aromatic rings. The van der Waals surface area contributed by atoms with Crippen molar-refractivity contribution < 1.29 is 18.7 Å². The third-order valence-electron chi connectivity index (χ3n) is 4.72. The van der Waals surface area contributed by atoms with E-state index < -0.39 is 0 Å². The largest absolute Gasteiger partial charge is 0.496 e. The molecular formula is C21H24FN3O3. The van der Waals surface area contributed by atoms with Gasteiger partial charge in [-0.3, -0.25) is 14.5 Å². The summed E-state index contributed by atoms with van der Waals surface area (Å²) in [6.07, 6.45) is 0.224. The molecule has 7 heteroatoms. The molecule has 0 aromatic heterocycles. The Morgan fingerprint density at radius 1 is 1.32 bits per heavy atom. The van der Waals surface area contributed by atoms with Gasteiger partial charge in [-0.15, -0.1) is 0 Å². The van der Waals surface area contributed by atoms with E-state index in [0.717, 1.165) is 0 Å². The quantitative estimate of drug-likeness (QED) is 0.860. The van der Waals surface area contributed by atoms with Crippen molar-refractivity contribution in [1.82, 2.24) is 4.90 Å². The van der Waals surface area contributed by atoms with E-state index in [1.165, 1.54) is 19.2 Å². The molecule has 2 aromatic carbocycles. The molecule has 1 aliphatic rings. The van der Waals surface area contributed by atoms with E-state index in [9.17, 15) is 14.0 Å². The number of methoxy groups -OCH3 is 1. The van der Waals surface area contributed by atoms with Gasteiger partial charge in [0.15, 0.2) is 0 Å². The van der Waals surface area contributed by atoms with Crippen molar-refractivity contribution in [1.29, 1.82) is 0 Å². The molecule has 0 saturated carbocycles. The highest BCUT2D eigenvalue weighted by atomic mass is 19.1. The highest BCUT2D eigenvalue weighted by Gasteiger charge is 2.30. The molecule has 148 valence electrons. The van der Waals surface area contributed by atoms with E-state index >= 15 is 0 Å². The maximum atomic E-state index is 13.6. The van der Waals surface area contributed by atoms with Gasteiger partial charge in [-0.25, -0.2) is 4.39 Å². The number of hydrogen-bond acceptors (Lipinski definition) is 4. The fourth-order valence-electron chi connectivity index (χ4n) is 3.49. The van der Waals surface area contributed by atoms with Gasteiger partial charge < -0.3 is 15.0 Å². The molecule has 0 aliphatic carbocycles. The van der Waals surface area contributed by atoms with E-state index in [0.29, 0.717) is 29.2 Å². The van der Waals surface area contributed by atoms with Crippen LogP contribution >= 0.6 is 0 Å². The van der Waals surface area contributed by atoms with E-state index in [4.69, 9.17) is 4.74 Å². The van der Waals surface area contributed by atoms with Crippen molar-refractivity contribution in [3.8, 4) is 5.75 Å². The molecule has 0 saturated heterocycles. The molecule has 6 nitrogen and oxygen atoms in total. The molecule has 0 bridgehead atoms. The van der Waals surface area contributed by atoms with E-state index in [-0.39, 0.29) is 36.6 Å². The molecule has 3 rings (SSSR count). The van der Waals surface area contributed by atoms with E-state index in [1.807, 2.05) is 25.1 Å². The maximum absolute atomic E-state index is 13.6. The fraction of sp³-hybridized carbons (Fsp3) is 0.333. The van der Waals surface area contributed by atoms with Crippen LogP contribution < -0.4 is 15.0 Å². The molecule has 2 amide bonds. The Morgan fingerprint density at radius 2 is 2.07 bits per heavy atom. The first kappa shape index (κ1) is 19.8. The lowest BCUT2D eigenvalue weighted by atomic mass is 10.1. The molecule has 1 heterocycles. The van der Waals surface area contributed by atoms with Gasteiger partial charge in [0.1, 0.15) is 11.6 Å². The Hall–Kier alpha value is -2.93. The molecular weight excluding hydrogens is 361 g/mol. The number of amides is 2. The van der Waals surface area contributed by atoms with Crippen molar-refractivity contribution in [2.75, 3.05) is 30.9 Å². The van der Waals surface area contributed by atoms with Crippen LogP contribution in [0.25, 0.3) is 0 Å². The second-order valence-electron chi connectivity index (χ2n) is 7.01. The van der Waals surface area contributed by atoms with Gasteiger partial charge in [-0.05, 0) is 44.3 Å². The lowest BCUT2D eigenvalue weighted by Gasteiger charge is -2.30. The third-order valence-corrected chi connectivity index (χ3v) is 4.72. The van der Waals surface area contributed by atoms with Crippen molar-refractivity contribution in [2.24, 2.45) is 0 Å². The molecule has 0 fully saturated rings. The predicted molar refractivity (Wildman–Crippen MR) is 106 cm³/mol. The lowest BCUT2D eigenvalue weighted by molar-refractivity contribution is -0.120.